The molecule has 0 unspecified atom stereocenters. The van der Waals surface area contributed by atoms with E-state index in [1.807, 2.05) is 46.8 Å². The number of hydrogen-bond donors (Lipinski definition) is 31. The Labute approximate surface area is 818 Å². The van der Waals surface area contributed by atoms with Gasteiger partial charge in [-0.1, -0.05) is 46.8 Å². The molecule has 5 rings (SSSR count). The number of nitrogens with one attached hydrogen (secondary N) is 16. The zero-order valence-corrected chi connectivity index (χ0v) is 80.7. The zero-order valence-electron chi connectivity index (χ0n) is 80.7. The Bertz CT molecular complexity index is 4550. The highest BCUT2D eigenvalue weighted by molar-refractivity contribution is 6.04. The van der Waals surface area contributed by atoms with Gasteiger partial charge in [-0.3, -0.25) is 28.8 Å². The van der Waals surface area contributed by atoms with Crippen LogP contribution < -0.4 is 85.1 Å². The van der Waals surface area contributed by atoms with Crippen LogP contribution >= 0.6 is 0 Å². The Morgan fingerprint density at radius 2 is 0.773 bits per heavy atom. The molecule has 0 fully saturated rings. The van der Waals surface area contributed by atoms with Gasteiger partial charge in [-0.15, -0.1) is 12.3 Å². The highest BCUT2D eigenvalue weighted by atomic mass is 16.6. The van der Waals surface area contributed by atoms with Crippen molar-refractivity contribution in [1.29, 1.82) is 0 Å². The minimum atomic E-state index is -2.14. The Hall–Kier alpha value is -11.2. The second kappa shape index (κ2) is 65.1. The number of benzene rings is 4. The molecule has 1 aliphatic heterocycles. The molecule has 4 bridgehead atoms. The van der Waals surface area contributed by atoms with Gasteiger partial charge in [0.2, 0.25) is 23.6 Å². The maximum Gasteiger partial charge on any atom is 0.319 e. The number of rotatable bonds is 57. The summed E-state index contributed by atoms with van der Waals surface area (Å²) in [4.78, 5) is 154. The molecule has 0 spiro atoms. The molecule has 141 heavy (non-hydrogen) atoms. The van der Waals surface area contributed by atoms with Gasteiger partial charge in [-0.05, 0) is 156 Å². The van der Waals surface area contributed by atoms with Gasteiger partial charge in [0.25, 0.3) is 11.8 Å². The third-order valence-corrected chi connectivity index (χ3v) is 23.4. The lowest BCUT2D eigenvalue weighted by molar-refractivity contribution is -0.126. The molecule has 16 amide bonds. The van der Waals surface area contributed by atoms with Crippen LogP contribution in [0.2, 0.25) is 0 Å². The quantitative estimate of drug-likeness (QED) is 0.0153. The normalized spacial score (nSPS) is 15.5. The third-order valence-electron chi connectivity index (χ3n) is 23.4. The number of aliphatic hydroxyl groups is 15. The fraction of sp³-hybridized carbons (Fsp3) is 0.606. The Morgan fingerprint density at radius 3 is 1.17 bits per heavy atom. The van der Waals surface area contributed by atoms with E-state index in [1.54, 1.807) is 0 Å². The minimum absolute atomic E-state index is 0.00322. The van der Waals surface area contributed by atoms with Crippen LogP contribution in [0.4, 0.5) is 46.7 Å². The SMILES string of the molecule is C#CCCC(=O)NCCOCCOCCOCCOCCOCCNC(=O)c1ccc2c(c1)NC(=O)NCc1cc(c(CC)cc1CC)CCCNC(=O)Nc1cc(C(=O)NC(CCC(=O)NC[C@H](O)[C@@H](O)[C@H](O)[C@H](O)CO)(CCC(=O)NC[C@H](O)[C@@H](O)[C@H](O)[C@H](O)CO)CCC(=O)NC[C@H](O)[C@@H](O)[C@H](O)[C@H](O)CO)ccc1NC(=O)NCc1c(CC)c(CNC(=O)NC)c(CC)c(c1CC)CNC(=O)N2. The largest absolute Gasteiger partial charge is 0.394 e. The predicted molar refractivity (Wildman–Crippen MR) is 515 cm³/mol. The first-order valence-corrected chi connectivity index (χ1v) is 47.2. The van der Waals surface area contributed by atoms with Gasteiger partial charge in [-0.2, -0.15) is 0 Å². The monoisotopic (exact) mass is 2000 g/mol. The fourth-order valence-corrected chi connectivity index (χ4v) is 15.3. The first-order valence-electron chi connectivity index (χ1n) is 47.2. The summed E-state index contributed by atoms with van der Waals surface area (Å²) in [7, 11) is 1.44. The lowest BCUT2D eigenvalue weighted by atomic mass is 9.82. The van der Waals surface area contributed by atoms with Crippen LogP contribution in [0.3, 0.4) is 0 Å². The van der Waals surface area contributed by atoms with Crippen molar-refractivity contribution < 1.29 is 153 Å². The number of anilines is 4. The van der Waals surface area contributed by atoms with Crippen molar-refractivity contribution in [3.8, 4) is 12.3 Å². The summed E-state index contributed by atoms with van der Waals surface area (Å²) in [6.45, 7) is 7.00. The Kier molecular flexibility index (Phi) is 55.5. The van der Waals surface area contributed by atoms with E-state index < -0.39 is 216 Å². The van der Waals surface area contributed by atoms with Crippen LogP contribution in [0, 0.1) is 12.3 Å². The molecule has 47 nitrogen and oxygen atoms in total. The first-order chi connectivity index (χ1) is 67.5. The number of fused-ring (bicyclic) bond motifs is 6. The molecular weight excluding hydrogens is 1850 g/mol. The number of hydrogen-bond acceptors (Lipinski definition) is 31. The van der Waals surface area contributed by atoms with E-state index in [9.17, 15) is 125 Å². The molecule has 1 aliphatic rings. The summed E-state index contributed by atoms with van der Waals surface area (Å²) in [6, 6.07) is 8.19. The number of ether oxygens (including phenoxy) is 5. The second-order valence-electron chi connectivity index (χ2n) is 33.3. The van der Waals surface area contributed by atoms with Crippen molar-refractivity contribution in [3.05, 3.63) is 115 Å². The predicted octanol–water partition coefficient (Wildman–Crippen LogP) is -3.23. The number of terminal acetylenes is 1. The summed E-state index contributed by atoms with van der Waals surface area (Å²) >= 11 is 0. The van der Waals surface area contributed by atoms with Gasteiger partial charge in [0.05, 0.1) is 127 Å². The molecule has 0 saturated heterocycles. The van der Waals surface area contributed by atoms with Crippen LogP contribution in [0.5, 0.6) is 0 Å². The summed E-state index contributed by atoms with van der Waals surface area (Å²) in [5, 5.41) is 196. The minimum Gasteiger partial charge on any atom is -0.394 e. The Balaban J connectivity index is 1.53. The molecule has 47 heteroatoms. The molecule has 12 atom stereocenters. The average molecular weight is 2000 g/mol. The van der Waals surface area contributed by atoms with Crippen LogP contribution in [-0.2, 0) is 108 Å². The van der Waals surface area contributed by atoms with Crippen molar-refractivity contribution >= 4 is 88.3 Å². The highest BCUT2D eigenvalue weighted by Crippen LogP contribution is 2.34. The molecule has 0 radical (unpaired) electrons. The zero-order chi connectivity index (χ0) is 104. The summed E-state index contributed by atoms with van der Waals surface area (Å²) < 4.78 is 27.8. The lowest BCUT2D eigenvalue weighted by Gasteiger charge is -2.35. The van der Waals surface area contributed by atoms with Gasteiger partial charge in [-0.25, -0.2) is 24.0 Å². The smallest absolute Gasteiger partial charge is 0.319 e. The van der Waals surface area contributed by atoms with Crippen molar-refractivity contribution in [2.75, 3.05) is 153 Å². The van der Waals surface area contributed by atoms with Gasteiger partial charge < -0.3 is 185 Å². The van der Waals surface area contributed by atoms with Gasteiger partial charge in [0.15, 0.2) is 0 Å². The van der Waals surface area contributed by atoms with Crippen LogP contribution in [-0.4, -0.2) is 353 Å². The molecule has 0 aromatic heterocycles. The van der Waals surface area contributed by atoms with Crippen LogP contribution in [0.1, 0.15) is 169 Å². The summed E-state index contributed by atoms with van der Waals surface area (Å²) in [5.41, 5.74) is 5.15. The maximum absolute atomic E-state index is 15.4. The standard InChI is InChI=1S/C94H146N16O31/c1-8-14-17-77(120)96-29-31-137-33-35-139-37-39-141-40-38-140-36-34-138-32-30-97-87(130)58-18-20-67-69(43-58)109-91(134)102-45-60-42-57(55(9-2)41-56(60)10-3)16-15-28-98-90(133)108-70-44-59(19-21-68(70)107-93(136)105-48-66-62(12-5)64(46-103-89(132)95-7)61(11-4)65(63(66)13-6)47-104-92(135)106-67)88(131)110-94(25-22-78(121)99-49-71(114)81(124)84(127)74(117)52-111,26-23-79(122)100-50-72(115)82(125)85(128)75(118)53-112)27-24-80(123)101-51-73(116)83(126)86(129)76(119)54-113/h1,18-21,41-44,71-76,81-86,111-119,124-129H,9-17,22-40,45-54H2,2-7H3,(H,96,120)(H,97,130)(H,99,121)(H,100,122)(H,101,123)(H,110,131)(H2,95,103,132)(H2,98,108,133)(H2,102,109,134)(H2,104,106,135)(H2,105,107,136)/t71-,72-,73-,74+,75+,76+,81+,82+,83+,84+,85+,86+/m0/s1. The molecular formula is C94H146N16O31. The molecule has 1 heterocycles. The van der Waals surface area contributed by atoms with Crippen molar-refractivity contribution in [3.63, 3.8) is 0 Å². The van der Waals surface area contributed by atoms with Gasteiger partial charge in [0.1, 0.15) is 54.9 Å². The molecule has 4 aromatic rings. The number of carbonyl (C=O) groups is 11. The van der Waals surface area contributed by atoms with E-state index in [2.05, 4.69) is 91.0 Å². The van der Waals surface area contributed by atoms with E-state index >= 15 is 4.79 Å². The highest BCUT2D eigenvalue weighted by Gasteiger charge is 2.38. The molecule has 0 saturated carbocycles. The van der Waals surface area contributed by atoms with Gasteiger partial charge >= 0.3 is 30.2 Å². The van der Waals surface area contributed by atoms with Gasteiger partial charge in [0, 0.05) is 121 Å². The Morgan fingerprint density at radius 1 is 0.404 bits per heavy atom. The topological polar surface area (TPSA) is 730 Å². The van der Waals surface area contributed by atoms with E-state index in [-0.39, 0.29) is 105 Å². The molecule has 788 valence electrons. The van der Waals surface area contributed by atoms with E-state index in [4.69, 9.17) is 30.1 Å². The third kappa shape index (κ3) is 41.4. The van der Waals surface area contributed by atoms with Crippen LogP contribution in [0.25, 0.3) is 0 Å². The van der Waals surface area contributed by atoms with Crippen molar-refractivity contribution in [1.82, 2.24) is 63.8 Å². The van der Waals surface area contributed by atoms with E-state index in [1.165, 1.54) is 37.4 Å². The fourth-order valence-electron chi connectivity index (χ4n) is 15.3. The number of aryl methyl sites for hydroxylation is 3. The molecule has 31 N–H and O–H groups in total. The number of urea groups is 5. The summed E-state index contributed by atoms with van der Waals surface area (Å²) in [5.74, 6) is -2.15. The lowest BCUT2D eigenvalue weighted by Crippen LogP contribution is -2.52. The maximum atomic E-state index is 15.4. The molecule has 4 aromatic carbocycles. The summed E-state index contributed by atoms with van der Waals surface area (Å²) in [6.07, 6.45) is -19.5. The number of carbonyl (C=O) groups excluding carboxylic acids is 11. The van der Waals surface area contributed by atoms with E-state index in [0.717, 1.165) is 39.4 Å². The van der Waals surface area contributed by atoms with E-state index in [0.29, 0.717) is 126 Å². The van der Waals surface area contributed by atoms with Crippen molar-refractivity contribution in [2.45, 2.75) is 236 Å². The molecule has 0 aliphatic carbocycles. The first kappa shape index (κ1) is 120. The second-order valence-corrected chi connectivity index (χ2v) is 33.3. The van der Waals surface area contributed by atoms with Crippen LogP contribution in [0.15, 0.2) is 48.5 Å². The van der Waals surface area contributed by atoms with Crippen molar-refractivity contribution in [2.24, 2.45) is 0 Å². The number of amides is 16. The number of aliphatic hydroxyl groups excluding tert-OH is 15. The average Bonchev–Trinajstić information content (AvgIpc) is 0.765.